The molecule has 31 heavy (non-hydrogen) atoms. The van der Waals surface area contributed by atoms with Gasteiger partial charge in [0, 0.05) is 49.6 Å². The minimum Gasteiger partial charge on any atom is -0.477 e. The normalized spacial score (nSPS) is 20.3. The van der Waals surface area contributed by atoms with Crippen LogP contribution in [0, 0.1) is 6.92 Å². The zero-order valence-corrected chi connectivity index (χ0v) is 17.8. The lowest BCUT2D eigenvalue weighted by Crippen LogP contribution is -2.39. The second-order valence-electron chi connectivity index (χ2n) is 8.19. The van der Waals surface area contributed by atoms with E-state index in [0.29, 0.717) is 29.5 Å². The number of Topliss-reactive ketones (excluding diaryl/α,β-unsaturated/α-hetero) is 1. The highest BCUT2D eigenvalue weighted by Crippen LogP contribution is 2.43. The lowest BCUT2D eigenvalue weighted by molar-refractivity contribution is 0.0329. The van der Waals surface area contributed by atoms with Gasteiger partial charge < -0.3 is 14.2 Å². The first-order valence-corrected chi connectivity index (χ1v) is 10.9. The number of nitrogens with zero attached hydrogens (tertiary/aromatic N) is 3. The van der Waals surface area contributed by atoms with E-state index in [2.05, 4.69) is 14.8 Å². The van der Waals surface area contributed by atoms with Gasteiger partial charge in [-0.05, 0) is 38.1 Å². The van der Waals surface area contributed by atoms with Crippen LogP contribution < -0.4 is 9.47 Å². The third-order valence-corrected chi connectivity index (χ3v) is 6.02. The van der Waals surface area contributed by atoms with Crippen LogP contribution in [-0.4, -0.2) is 66.7 Å². The Balaban J connectivity index is 1.28. The van der Waals surface area contributed by atoms with E-state index >= 15 is 0 Å². The predicted octanol–water partition coefficient (Wildman–Crippen LogP) is 2.88. The van der Waals surface area contributed by atoms with Gasteiger partial charge in [-0.2, -0.15) is 0 Å². The smallest absolute Gasteiger partial charge is 0.232 e. The number of rotatable bonds is 5. The molecule has 7 heteroatoms. The van der Waals surface area contributed by atoms with E-state index in [1.165, 1.54) is 0 Å². The Bertz CT molecular complexity index is 1000. The van der Waals surface area contributed by atoms with Crippen molar-refractivity contribution in [1.82, 2.24) is 14.8 Å². The molecule has 0 spiro atoms. The Morgan fingerprint density at radius 3 is 2.77 bits per heavy atom. The number of morpholine rings is 1. The van der Waals surface area contributed by atoms with E-state index in [1.807, 2.05) is 31.2 Å². The lowest BCUT2D eigenvalue weighted by Gasteiger charge is -2.31. The second kappa shape index (κ2) is 8.78. The number of fused-ring (bicyclic) bond motifs is 2. The number of ether oxygens (including phenoxy) is 3. The van der Waals surface area contributed by atoms with E-state index in [0.717, 1.165) is 69.2 Å². The van der Waals surface area contributed by atoms with Crippen LogP contribution in [0.25, 0.3) is 6.08 Å². The Hall–Kier alpha value is -2.74. The van der Waals surface area contributed by atoms with Crippen molar-refractivity contribution in [3.05, 3.63) is 58.6 Å². The summed E-state index contributed by atoms with van der Waals surface area (Å²) in [5, 5.41) is 0. The standard InChI is InChI=1S/C24H27N3O4/c1-17-23-18(15-27(16-30-23)8-4-7-26-9-11-29-12-10-26)13-20-22(28)21(31-24(17)20)14-19-5-2-3-6-25-19/h2-3,5-6,13-14H,4,7-12,15-16H2,1H3/b21-14-. The van der Waals surface area contributed by atoms with E-state index < -0.39 is 0 Å². The van der Waals surface area contributed by atoms with Gasteiger partial charge in [0.25, 0.3) is 0 Å². The molecule has 7 nitrogen and oxygen atoms in total. The molecular formula is C24H27N3O4. The molecule has 0 radical (unpaired) electrons. The van der Waals surface area contributed by atoms with Crippen LogP contribution >= 0.6 is 0 Å². The van der Waals surface area contributed by atoms with Crippen LogP contribution in [0.3, 0.4) is 0 Å². The summed E-state index contributed by atoms with van der Waals surface area (Å²) in [6.07, 6.45) is 4.48. The molecule has 0 aliphatic carbocycles. The fourth-order valence-electron chi connectivity index (χ4n) is 4.38. The molecule has 2 aromatic rings. The van der Waals surface area contributed by atoms with Crippen molar-refractivity contribution in [3.8, 4) is 11.5 Å². The van der Waals surface area contributed by atoms with E-state index in [-0.39, 0.29) is 5.78 Å². The summed E-state index contributed by atoms with van der Waals surface area (Å²) in [5.74, 6) is 1.65. The second-order valence-corrected chi connectivity index (χ2v) is 8.19. The van der Waals surface area contributed by atoms with Crippen molar-refractivity contribution >= 4 is 11.9 Å². The van der Waals surface area contributed by atoms with Crippen LogP contribution in [0.5, 0.6) is 11.5 Å². The van der Waals surface area contributed by atoms with Gasteiger partial charge in [0.1, 0.15) is 18.2 Å². The number of allylic oxidation sites excluding steroid dienone is 1. The molecule has 0 atom stereocenters. The van der Waals surface area contributed by atoms with Gasteiger partial charge in [-0.25, -0.2) is 0 Å². The Kier molecular flexibility index (Phi) is 5.72. The third-order valence-electron chi connectivity index (χ3n) is 6.02. The number of pyridine rings is 1. The molecule has 1 aromatic carbocycles. The molecule has 0 bridgehead atoms. The minimum absolute atomic E-state index is 0.101. The van der Waals surface area contributed by atoms with Crippen LogP contribution in [0.2, 0.25) is 0 Å². The SMILES string of the molecule is Cc1c2c(cc3c1O/C(=C\c1ccccn1)C3=O)CN(CCCN1CCOCC1)CO2. The van der Waals surface area contributed by atoms with Gasteiger partial charge in [0.05, 0.1) is 24.5 Å². The van der Waals surface area contributed by atoms with Crippen molar-refractivity contribution < 1.29 is 19.0 Å². The van der Waals surface area contributed by atoms with Crippen molar-refractivity contribution in [2.24, 2.45) is 0 Å². The lowest BCUT2D eigenvalue weighted by atomic mass is 10.00. The van der Waals surface area contributed by atoms with Crippen molar-refractivity contribution in [2.45, 2.75) is 19.9 Å². The van der Waals surface area contributed by atoms with Crippen molar-refractivity contribution in [1.29, 1.82) is 0 Å². The van der Waals surface area contributed by atoms with Gasteiger partial charge in [-0.15, -0.1) is 0 Å². The highest BCUT2D eigenvalue weighted by Gasteiger charge is 2.33. The maximum absolute atomic E-state index is 13.0. The zero-order chi connectivity index (χ0) is 21.2. The number of carbonyl (C=O) groups excluding carboxylic acids is 1. The molecule has 3 aliphatic rings. The number of hydrogen-bond donors (Lipinski definition) is 0. The van der Waals surface area contributed by atoms with Gasteiger partial charge in [-0.3, -0.25) is 19.6 Å². The average molecular weight is 421 g/mol. The molecular weight excluding hydrogens is 394 g/mol. The third kappa shape index (κ3) is 4.21. The zero-order valence-electron chi connectivity index (χ0n) is 17.8. The first-order valence-electron chi connectivity index (χ1n) is 10.9. The number of hydrogen-bond acceptors (Lipinski definition) is 7. The number of carbonyl (C=O) groups is 1. The Morgan fingerprint density at radius 1 is 1.13 bits per heavy atom. The maximum atomic E-state index is 13.0. The molecule has 4 heterocycles. The molecule has 162 valence electrons. The van der Waals surface area contributed by atoms with Crippen LogP contribution in [0.4, 0.5) is 0 Å². The summed E-state index contributed by atoms with van der Waals surface area (Å²) in [4.78, 5) is 22.0. The molecule has 0 amide bonds. The largest absolute Gasteiger partial charge is 0.477 e. The fourth-order valence-corrected chi connectivity index (χ4v) is 4.38. The molecule has 1 aromatic heterocycles. The quantitative estimate of drug-likeness (QED) is 0.688. The molecule has 5 rings (SSSR count). The number of benzene rings is 1. The molecule has 1 saturated heterocycles. The summed E-state index contributed by atoms with van der Waals surface area (Å²) in [6, 6.07) is 7.52. The van der Waals surface area contributed by atoms with E-state index in [4.69, 9.17) is 14.2 Å². The number of aromatic nitrogens is 1. The molecule has 3 aliphatic heterocycles. The predicted molar refractivity (Wildman–Crippen MR) is 116 cm³/mol. The van der Waals surface area contributed by atoms with Crippen LogP contribution in [-0.2, 0) is 11.3 Å². The van der Waals surface area contributed by atoms with E-state index in [9.17, 15) is 4.79 Å². The summed E-state index contributed by atoms with van der Waals surface area (Å²) >= 11 is 0. The first kappa shape index (κ1) is 20.2. The summed E-state index contributed by atoms with van der Waals surface area (Å²) in [6.45, 7) is 9.02. The molecule has 0 N–H and O–H groups in total. The Morgan fingerprint density at radius 2 is 1.97 bits per heavy atom. The summed E-state index contributed by atoms with van der Waals surface area (Å²) in [5.41, 5.74) is 3.24. The van der Waals surface area contributed by atoms with Gasteiger partial charge >= 0.3 is 0 Å². The van der Waals surface area contributed by atoms with E-state index in [1.54, 1.807) is 12.3 Å². The minimum atomic E-state index is -0.101. The monoisotopic (exact) mass is 421 g/mol. The maximum Gasteiger partial charge on any atom is 0.232 e. The molecule has 0 saturated carbocycles. The van der Waals surface area contributed by atoms with Gasteiger partial charge in [0.15, 0.2) is 5.76 Å². The fraction of sp³-hybridized carbons (Fsp3) is 0.417. The first-order chi connectivity index (χ1) is 15.2. The highest BCUT2D eigenvalue weighted by atomic mass is 16.5. The highest BCUT2D eigenvalue weighted by molar-refractivity contribution is 6.15. The van der Waals surface area contributed by atoms with Crippen molar-refractivity contribution in [2.75, 3.05) is 46.1 Å². The molecule has 0 unspecified atom stereocenters. The number of ketones is 1. The summed E-state index contributed by atoms with van der Waals surface area (Å²) < 4.78 is 17.4. The van der Waals surface area contributed by atoms with Gasteiger partial charge in [-0.1, -0.05) is 6.07 Å². The molecule has 1 fully saturated rings. The Labute approximate surface area is 182 Å². The summed E-state index contributed by atoms with van der Waals surface area (Å²) in [7, 11) is 0. The van der Waals surface area contributed by atoms with Crippen molar-refractivity contribution in [3.63, 3.8) is 0 Å². The van der Waals surface area contributed by atoms with Crippen LogP contribution in [0.15, 0.2) is 36.2 Å². The average Bonchev–Trinajstić information content (AvgIpc) is 3.11. The van der Waals surface area contributed by atoms with Crippen LogP contribution in [0.1, 0.15) is 33.6 Å². The topological polar surface area (TPSA) is 64.1 Å². The van der Waals surface area contributed by atoms with Gasteiger partial charge in [0.2, 0.25) is 5.78 Å².